The molecule has 3 aromatic carbocycles. The average Bonchev–Trinajstić information content (AvgIpc) is 3.25. The first-order valence-electron chi connectivity index (χ1n) is 12.0. The van der Waals surface area contributed by atoms with Crippen LogP contribution in [0.3, 0.4) is 0 Å². The van der Waals surface area contributed by atoms with Crippen LogP contribution in [0.4, 0.5) is 0 Å². The molecule has 0 aliphatic carbocycles. The molecule has 36 heavy (non-hydrogen) atoms. The van der Waals surface area contributed by atoms with Crippen molar-refractivity contribution in [2.75, 3.05) is 20.8 Å². The highest BCUT2D eigenvalue weighted by atomic mass is 16.5. The van der Waals surface area contributed by atoms with E-state index < -0.39 is 0 Å². The molecule has 1 aromatic heterocycles. The summed E-state index contributed by atoms with van der Waals surface area (Å²) in [5.41, 5.74) is 5.18. The SMILES string of the molecule is COc1ccc(CC(=O)NC(C)c2nc3ccccc3n2CCOc2ccc(C)c(C)c2)cc1OC. The molecule has 0 radical (unpaired) electrons. The number of fused-ring (bicyclic) bond motifs is 1. The molecule has 7 nitrogen and oxygen atoms in total. The summed E-state index contributed by atoms with van der Waals surface area (Å²) in [4.78, 5) is 17.7. The number of hydrogen-bond acceptors (Lipinski definition) is 5. The molecule has 0 fully saturated rings. The van der Waals surface area contributed by atoms with Gasteiger partial charge in [0.25, 0.3) is 0 Å². The fraction of sp³-hybridized carbons (Fsp3) is 0.310. The molecule has 0 saturated heterocycles. The maximum absolute atomic E-state index is 12.9. The van der Waals surface area contributed by atoms with E-state index in [9.17, 15) is 4.79 Å². The molecule has 1 amide bonds. The lowest BCUT2D eigenvalue weighted by Gasteiger charge is -2.17. The summed E-state index contributed by atoms with van der Waals surface area (Å²) >= 11 is 0. The van der Waals surface area contributed by atoms with Crippen LogP contribution in [0.2, 0.25) is 0 Å². The number of carbonyl (C=O) groups excluding carboxylic acids is 1. The topological polar surface area (TPSA) is 74.6 Å². The Bertz CT molecular complexity index is 1360. The number of ether oxygens (including phenoxy) is 3. The van der Waals surface area contributed by atoms with Crippen molar-refractivity contribution in [1.82, 2.24) is 14.9 Å². The van der Waals surface area contributed by atoms with Gasteiger partial charge in [0.15, 0.2) is 11.5 Å². The van der Waals surface area contributed by atoms with E-state index in [4.69, 9.17) is 19.2 Å². The Balaban J connectivity index is 1.47. The van der Waals surface area contributed by atoms with E-state index in [1.807, 2.05) is 49.4 Å². The Morgan fingerprint density at radius 3 is 2.50 bits per heavy atom. The fourth-order valence-corrected chi connectivity index (χ4v) is 4.25. The summed E-state index contributed by atoms with van der Waals surface area (Å²) in [6, 6.07) is 19.3. The second kappa shape index (κ2) is 11.2. The highest BCUT2D eigenvalue weighted by molar-refractivity contribution is 5.80. The van der Waals surface area contributed by atoms with Gasteiger partial charge in [-0.05, 0) is 73.9 Å². The van der Waals surface area contributed by atoms with Crippen LogP contribution >= 0.6 is 0 Å². The highest BCUT2D eigenvalue weighted by Crippen LogP contribution is 2.28. The maximum atomic E-state index is 12.9. The molecule has 0 spiro atoms. The van der Waals surface area contributed by atoms with Crippen LogP contribution in [0.25, 0.3) is 11.0 Å². The zero-order valence-electron chi connectivity index (χ0n) is 21.5. The summed E-state index contributed by atoms with van der Waals surface area (Å²) in [7, 11) is 3.17. The molecule has 7 heteroatoms. The predicted molar refractivity (Wildman–Crippen MR) is 141 cm³/mol. The first-order valence-corrected chi connectivity index (χ1v) is 12.0. The minimum atomic E-state index is -0.285. The third-order valence-corrected chi connectivity index (χ3v) is 6.32. The number of aryl methyl sites for hydroxylation is 2. The lowest BCUT2D eigenvalue weighted by Crippen LogP contribution is -2.30. The van der Waals surface area contributed by atoms with Crippen molar-refractivity contribution in [2.24, 2.45) is 0 Å². The number of methoxy groups -OCH3 is 2. The average molecular weight is 488 g/mol. The Kier molecular flexibility index (Phi) is 7.78. The molecule has 1 unspecified atom stereocenters. The molecule has 0 saturated carbocycles. The lowest BCUT2D eigenvalue weighted by molar-refractivity contribution is -0.121. The van der Waals surface area contributed by atoms with E-state index in [0.717, 1.165) is 28.2 Å². The van der Waals surface area contributed by atoms with Gasteiger partial charge in [-0.3, -0.25) is 4.79 Å². The van der Waals surface area contributed by atoms with Crippen LogP contribution in [0.1, 0.15) is 35.5 Å². The van der Waals surface area contributed by atoms with Crippen LogP contribution < -0.4 is 19.5 Å². The van der Waals surface area contributed by atoms with Crippen LogP contribution in [-0.2, 0) is 17.8 Å². The first kappa shape index (κ1) is 25.1. The Labute approximate surface area is 212 Å². The number of nitrogens with zero attached hydrogens (tertiary/aromatic N) is 2. The molecule has 1 atom stereocenters. The van der Waals surface area contributed by atoms with Gasteiger partial charge in [0.1, 0.15) is 18.2 Å². The van der Waals surface area contributed by atoms with Crippen LogP contribution in [-0.4, -0.2) is 36.3 Å². The zero-order chi connectivity index (χ0) is 25.7. The molecule has 1 heterocycles. The molecule has 4 rings (SSSR count). The van der Waals surface area contributed by atoms with Gasteiger partial charge < -0.3 is 24.1 Å². The number of rotatable bonds is 10. The zero-order valence-corrected chi connectivity index (χ0v) is 21.5. The second-order valence-electron chi connectivity index (χ2n) is 8.86. The fourth-order valence-electron chi connectivity index (χ4n) is 4.25. The molecule has 4 aromatic rings. The second-order valence-corrected chi connectivity index (χ2v) is 8.86. The summed E-state index contributed by atoms with van der Waals surface area (Å²) in [5.74, 6) is 2.77. The summed E-state index contributed by atoms with van der Waals surface area (Å²) in [5, 5.41) is 3.10. The highest BCUT2D eigenvalue weighted by Gasteiger charge is 2.19. The van der Waals surface area contributed by atoms with Gasteiger partial charge >= 0.3 is 0 Å². The summed E-state index contributed by atoms with van der Waals surface area (Å²) in [6.45, 7) is 7.22. The number of amides is 1. The van der Waals surface area contributed by atoms with Crippen molar-refractivity contribution in [2.45, 2.75) is 39.8 Å². The van der Waals surface area contributed by atoms with Crippen LogP contribution in [0, 0.1) is 13.8 Å². The van der Waals surface area contributed by atoms with Gasteiger partial charge in [-0.2, -0.15) is 0 Å². The van der Waals surface area contributed by atoms with E-state index in [1.54, 1.807) is 20.3 Å². The van der Waals surface area contributed by atoms with Gasteiger partial charge in [0.05, 0.1) is 44.3 Å². The van der Waals surface area contributed by atoms with Gasteiger partial charge in [0, 0.05) is 0 Å². The molecular formula is C29H33N3O4. The van der Waals surface area contributed by atoms with Crippen molar-refractivity contribution in [3.05, 3.63) is 83.2 Å². The smallest absolute Gasteiger partial charge is 0.224 e. The summed E-state index contributed by atoms with van der Waals surface area (Å²) in [6.07, 6.45) is 0.223. The van der Waals surface area contributed by atoms with Crippen molar-refractivity contribution < 1.29 is 19.0 Å². The van der Waals surface area contributed by atoms with Gasteiger partial charge in [-0.25, -0.2) is 4.98 Å². The predicted octanol–water partition coefficient (Wildman–Crippen LogP) is 5.17. The maximum Gasteiger partial charge on any atom is 0.224 e. The van der Waals surface area contributed by atoms with Crippen molar-refractivity contribution in [3.63, 3.8) is 0 Å². The molecule has 0 bridgehead atoms. The van der Waals surface area contributed by atoms with Crippen LogP contribution in [0.15, 0.2) is 60.7 Å². The largest absolute Gasteiger partial charge is 0.493 e. The molecule has 1 N–H and O–H groups in total. The monoisotopic (exact) mass is 487 g/mol. The normalized spacial score (nSPS) is 11.8. The number of imidazole rings is 1. The molecule has 0 aliphatic rings. The quantitative estimate of drug-likeness (QED) is 0.334. The molecular weight excluding hydrogens is 454 g/mol. The minimum Gasteiger partial charge on any atom is -0.493 e. The van der Waals surface area contributed by atoms with Gasteiger partial charge in [-0.15, -0.1) is 0 Å². The van der Waals surface area contributed by atoms with E-state index in [1.165, 1.54) is 11.1 Å². The van der Waals surface area contributed by atoms with E-state index >= 15 is 0 Å². The number of benzene rings is 3. The van der Waals surface area contributed by atoms with E-state index in [-0.39, 0.29) is 18.4 Å². The van der Waals surface area contributed by atoms with Crippen molar-refractivity contribution >= 4 is 16.9 Å². The minimum absolute atomic E-state index is 0.0975. The Morgan fingerprint density at radius 1 is 0.972 bits per heavy atom. The number of aromatic nitrogens is 2. The molecule has 0 aliphatic heterocycles. The van der Waals surface area contributed by atoms with E-state index in [2.05, 4.69) is 35.9 Å². The standard InChI is InChI=1S/C29H33N3O4/c1-19-10-12-23(16-20(19)2)36-15-14-32-25-9-7-6-8-24(25)31-29(32)21(3)30-28(33)18-22-11-13-26(34-4)27(17-22)35-5/h6-13,16-17,21H,14-15,18H2,1-5H3,(H,30,33). The third kappa shape index (κ3) is 5.62. The van der Waals surface area contributed by atoms with E-state index in [0.29, 0.717) is 24.7 Å². The lowest BCUT2D eigenvalue weighted by atomic mass is 10.1. The Morgan fingerprint density at radius 2 is 1.75 bits per heavy atom. The van der Waals surface area contributed by atoms with Crippen LogP contribution in [0.5, 0.6) is 17.2 Å². The Hall–Kier alpha value is -4.00. The van der Waals surface area contributed by atoms with Crippen molar-refractivity contribution in [1.29, 1.82) is 0 Å². The number of carbonyl (C=O) groups is 1. The van der Waals surface area contributed by atoms with Gasteiger partial charge in [-0.1, -0.05) is 24.3 Å². The number of para-hydroxylation sites is 2. The molecule has 188 valence electrons. The first-order chi connectivity index (χ1) is 17.4. The third-order valence-electron chi connectivity index (χ3n) is 6.32. The van der Waals surface area contributed by atoms with Crippen molar-refractivity contribution in [3.8, 4) is 17.2 Å². The van der Waals surface area contributed by atoms with Gasteiger partial charge in [0.2, 0.25) is 5.91 Å². The number of hydrogen-bond donors (Lipinski definition) is 1. The number of nitrogens with one attached hydrogen (secondary N) is 1. The summed E-state index contributed by atoms with van der Waals surface area (Å²) < 4.78 is 18.8.